The van der Waals surface area contributed by atoms with Gasteiger partial charge >= 0.3 is 12.0 Å². The molecule has 0 bridgehead atoms. The number of nitrogens with one attached hydrogen (secondary N) is 2. The molecule has 0 fully saturated rings. The summed E-state index contributed by atoms with van der Waals surface area (Å²) in [6.07, 6.45) is 0. The molecule has 0 saturated heterocycles. The Morgan fingerprint density at radius 1 is 1.04 bits per heavy atom. The third-order valence-electron chi connectivity index (χ3n) is 3.11. The first-order valence-electron chi connectivity index (χ1n) is 7.30. The number of urea groups is 1. The fraction of sp³-hybridized carbons (Fsp3) is 0.176. The number of esters is 1. The summed E-state index contributed by atoms with van der Waals surface area (Å²) in [5, 5.41) is 5.12. The predicted molar refractivity (Wildman–Crippen MR) is 86.7 cm³/mol. The molecule has 2 amide bonds. The molecule has 132 valence electrons. The molecule has 8 heteroatoms. The third-order valence-corrected chi connectivity index (χ3v) is 3.11. The first-order valence-corrected chi connectivity index (χ1v) is 7.30. The topological polar surface area (TPSA) is 76.7 Å². The van der Waals surface area contributed by atoms with Crippen LogP contribution in [0.2, 0.25) is 0 Å². The number of amides is 2. The maximum absolute atomic E-state index is 13.0. The SMILES string of the molecule is COC(=O)c1ccc(NC(=O)NCCOc2ccc(F)c(F)c2)cc1. The van der Waals surface area contributed by atoms with Crippen molar-refractivity contribution in [2.45, 2.75) is 0 Å². The summed E-state index contributed by atoms with van der Waals surface area (Å²) in [6.45, 7) is 0.241. The van der Waals surface area contributed by atoms with E-state index in [-0.39, 0.29) is 18.9 Å². The molecule has 2 N–H and O–H groups in total. The highest BCUT2D eigenvalue weighted by atomic mass is 19.2. The first kappa shape index (κ1) is 18.2. The van der Waals surface area contributed by atoms with Crippen molar-refractivity contribution >= 4 is 17.7 Å². The van der Waals surface area contributed by atoms with E-state index in [4.69, 9.17) is 4.74 Å². The minimum Gasteiger partial charge on any atom is -0.492 e. The van der Waals surface area contributed by atoms with E-state index >= 15 is 0 Å². The number of hydrogen-bond donors (Lipinski definition) is 2. The Morgan fingerprint density at radius 2 is 1.76 bits per heavy atom. The molecule has 0 unspecified atom stereocenters. The smallest absolute Gasteiger partial charge is 0.337 e. The molecule has 0 saturated carbocycles. The highest BCUT2D eigenvalue weighted by molar-refractivity contribution is 5.92. The lowest BCUT2D eigenvalue weighted by atomic mass is 10.2. The largest absolute Gasteiger partial charge is 0.492 e. The van der Waals surface area contributed by atoms with E-state index in [0.717, 1.165) is 12.1 Å². The summed E-state index contributed by atoms with van der Waals surface area (Å²) in [4.78, 5) is 23.0. The normalized spacial score (nSPS) is 10.0. The molecule has 0 spiro atoms. The predicted octanol–water partition coefficient (Wildman–Crippen LogP) is 2.95. The average molecular weight is 350 g/mol. The number of benzene rings is 2. The summed E-state index contributed by atoms with van der Waals surface area (Å²) in [6, 6.07) is 8.87. The molecule has 2 rings (SSSR count). The number of carbonyl (C=O) groups excluding carboxylic acids is 2. The lowest BCUT2D eigenvalue weighted by Crippen LogP contribution is -2.32. The van der Waals surface area contributed by atoms with Gasteiger partial charge in [-0.25, -0.2) is 18.4 Å². The van der Waals surface area contributed by atoms with Crippen LogP contribution in [0.3, 0.4) is 0 Å². The lowest BCUT2D eigenvalue weighted by molar-refractivity contribution is 0.0600. The van der Waals surface area contributed by atoms with Gasteiger partial charge in [0.05, 0.1) is 19.2 Å². The van der Waals surface area contributed by atoms with Gasteiger partial charge in [0.15, 0.2) is 11.6 Å². The van der Waals surface area contributed by atoms with Crippen LogP contribution in [0, 0.1) is 11.6 Å². The van der Waals surface area contributed by atoms with Crippen molar-refractivity contribution in [2.24, 2.45) is 0 Å². The van der Waals surface area contributed by atoms with E-state index in [1.807, 2.05) is 0 Å². The number of halogens is 2. The molecule has 0 aliphatic heterocycles. The quantitative estimate of drug-likeness (QED) is 0.620. The fourth-order valence-corrected chi connectivity index (χ4v) is 1.88. The Kier molecular flexibility index (Phi) is 6.27. The molecular formula is C17H16F2N2O4. The van der Waals surface area contributed by atoms with Crippen molar-refractivity contribution in [2.75, 3.05) is 25.6 Å². The van der Waals surface area contributed by atoms with Crippen molar-refractivity contribution in [3.8, 4) is 5.75 Å². The van der Waals surface area contributed by atoms with Crippen molar-refractivity contribution < 1.29 is 27.8 Å². The van der Waals surface area contributed by atoms with Crippen LogP contribution in [0.15, 0.2) is 42.5 Å². The fourth-order valence-electron chi connectivity index (χ4n) is 1.88. The van der Waals surface area contributed by atoms with Crippen LogP contribution in [0.4, 0.5) is 19.3 Å². The summed E-state index contributed by atoms with van der Waals surface area (Å²) in [5.41, 5.74) is 0.861. The second-order valence-electron chi connectivity index (χ2n) is 4.87. The number of ether oxygens (including phenoxy) is 2. The second kappa shape index (κ2) is 8.62. The Bertz CT molecular complexity index is 751. The van der Waals surface area contributed by atoms with Gasteiger partial charge in [0.1, 0.15) is 12.4 Å². The molecule has 0 atom stereocenters. The maximum Gasteiger partial charge on any atom is 0.337 e. The van der Waals surface area contributed by atoms with E-state index in [0.29, 0.717) is 11.3 Å². The second-order valence-corrected chi connectivity index (χ2v) is 4.87. The highest BCUT2D eigenvalue weighted by Crippen LogP contribution is 2.15. The molecule has 0 aromatic heterocycles. The molecular weight excluding hydrogens is 334 g/mol. The number of carbonyl (C=O) groups is 2. The minimum absolute atomic E-state index is 0.0831. The highest BCUT2D eigenvalue weighted by Gasteiger charge is 2.06. The number of hydrogen-bond acceptors (Lipinski definition) is 4. The zero-order chi connectivity index (χ0) is 18.2. The molecule has 0 aliphatic rings. The molecule has 0 heterocycles. The van der Waals surface area contributed by atoms with Gasteiger partial charge in [0, 0.05) is 11.8 Å². The van der Waals surface area contributed by atoms with Crippen molar-refractivity contribution in [3.05, 3.63) is 59.7 Å². The van der Waals surface area contributed by atoms with E-state index in [2.05, 4.69) is 15.4 Å². The number of anilines is 1. The van der Waals surface area contributed by atoms with Gasteiger partial charge in [-0.3, -0.25) is 0 Å². The zero-order valence-corrected chi connectivity index (χ0v) is 13.3. The number of methoxy groups -OCH3 is 1. The Hall–Kier alpha value is -3.16. The van der Waals surface area contributed by atoms with Gasteiger partial charge in [-0.1, -0.05) is 0 Å². The van der Waals surface area contributed by atoms with Crippen LogP contribution >= 0.6 is 0 Å². The zero-order valence-electron chi connectivity index (χ0n) is 13.3. The summed E-state index contributed by atoms with van der Waals surface area (Å²) < 4.78 is 35.5. The molecule has 0 radical (unpaired) electrons. The number of rotatable bonds is 6. The van der Waals surface area contributed by atoms with E-state index < -0.39 is 23.6 Å². The van der Waals surface area contributed by atoms with Crippen LogP contribution < -0.4 is 15.4 Å². The van der Waals surface area contributed by atoms with Gasteiger partial charge in [0.25, 0.3) is 0 Å². The van der Waals surface area contributed by atoms with E-state index in [1.165, 1.54) is 25.3 Å². The van der Waals surface area contributed by atoms with Gasteiger partial charge in [-0.05, 0) is 36.4 Å². The molecule has 25 heavy (non-hydrogen) atoms. The first-order chi connectivity index (χ1) is 12.0. The molecule has 2 aromatic carbocycles. The summed E-state index contributed by atoms with van der Waals surface area (Å²) in [5.74, 6) is -2.26. The van der Waals surface area contributed by atoms with Crippen molar-refractivity contribution in [1.82, 2.24) is 5.32 Å². The Morgan fingerprint density at radius 3 is 2.40 bits per heavy atom. The monoisotopic (exact) mass is 350 g/mol. The average Bonchev–Trinajstić information content (AvgIpc) is 2.61. The van der Waals surface area contributed by atoms with E-state index in [9.17, 15) is 18.4 Å². The van der Waals surface area contributed by atoms with Gasteiger partial charge < -0.3 is 20.1 Å². The molecule has 2 aromatic rings. The van der Waals surface area contributed by atoms with Gasteiger partial charge in [-0.2, -0.15) is 0 Å². The standard InChI is InChI=1S/C17H16F2N2O4/c1-24-16(22)11-2-4-12(5-3-11)21-17(23)20-8-9-25-13-6-7-14(18)15(19)10-13/h2-7,10H,8-9H2,1H3,(H2,20,21,23). The van der Waals surface area contributed by atoms with Gasteiger partial charge in [0.2, 0.25) is 0 Å². The summed E-state index contributed by atoms with van der Waals surface area (Å²) in [7, 11) is 1.28. The van der Waals surface area contributed by atoms with Crippen LogP contribution in [-0.2, 0) is 4.74 Å². The van der Waals surface area contributed by atoms with E-state index in [1.54, 1.807) is 12.1 Å². The van der Waals surface area contributed by atoms with Crippen molar-refractivity contribution in [3.63, 3.8) is 0 Å². The maximum atomic E-state index is 13.0. The Labute approximate surface area is 142 Å². The van der Waals surface area contributed by atoms with Crippen molar-refractivity contribution in [1.29, 1.82) is 0 Å². The van der Waals surface area contributed by atoms with Gasteiger partial charge in [-0.15, -0.1) is 0 Å². The molecule has 6 nitrogen and oxygen atoms in total. The summed E-state index contributed by atoms with van der Waals surface area (Å²) >= 11 is 0. The Balaban J connectivity index is 1.73. The van der Waals surface area contributed by atoms with Crippen LogP contribution in [0.1, 0.15) is 10.4 Å². The molecule has 0 aliphatic carbocycles. The third kappa shape index (κ3) is 5.45. The minimum atomic E-state index is -1.00. The van der Waals surface area contributed by atoms with Crippen LogP contribution in [0.5, 0.6) is 5.75 Å². The van der Waals surface area contributed by atoms with Crippen LogP contribution in [0.25, 0.3) is 0 Å². The van der Waals surface area contributed by atoms with Crippen LogP contribution in [-0.4, -0.2) is 32.3 Å². The lowest BCUT2D eigenvalue weighted by Gasteiger charge is -2.09.